The first-order chi connectivity index (χ1) is 7.58. The number of rotatable bonds is 2. The summed E-state index contributed by atoms with van der Waals surface area (Å²) in [6.07, 6.45) is 0. The van der Waals surface area contributed by atoms with Crippen molar-refractivity contribution < 1.29 is 0 Å². The minimum Gasteiger partial charge on any atom is -0.143 e. The van der Waals surface area contributed by atoms with Crippen molar-refractivity contribution in [2.75, 3.05) is 0 Å². The van der Waals surface area contributed by atoms with Crippen molar-refractivity contribution in [2.45, 2.75) is 12.3 Å². The fraction of sp³-hybridized carbons (Fsp3) is 0.167. The van der Waals surface area contributed by atoms with Crippen LogP contribution >= 0.6 is 54.8 Å². The van der Waals surface area contributed by atoms with E-state index in [4.69, 9.17) is 11.6 Å². The zero-order chi connectivity index (χ0) is 11.7. The van der Waals surface area contributed by atoms with Gasteiger partial charge in [0, 0.05) is 18.7 Å². The average Bonchev–Trinajstić information content (AvgIpc) is 2.58. The first kappa shape index (κ1) is 12.6. The molecule has 16 heavy (non-hydrogen) atoms. The van der Waals surface area contributed by atoms with Gasteiger partial charge in [-0.25, -0.2) is 0 Å². The van der Waals surface area contributed by atoms with Gasteiger partial charge in [0.05, 0.1) is 5.38 Å². The molecule has 0 nitrogen and oxygen atoms in total. The molecule has 0 spiro atoms. The molecule has 1 aromatic heterocycles. The lowest BCUT2D eigenvalue weighted by molar-refractivity contribution is 1.18. The number of halogens is 3. The third kappa shape index (κ3) is 2.70. The normalized spacial score (nSPS) is 12.8. The highest BCUT2D eigenvalue weighted by atomic mass is 79.9. The molecule has 0 radical (unpaired) electrons. The maximum Gasteiger partial charge on any atom is 0.0928 e. The molecule has 0 amide bonds. The van der Waals surface area contributed by atoms with E-state index in [2.05, 4.69) is 50.9 Å². The Morgan fingerprint density at radius 2 is 2.00 bits per heavy atom. The number of alkyl halides is 1. The van der Waals surface area contributed by atoms with Gasteiger partial charge in [-0.2, -0.15) is 0 Å². The lowest BCUT2D eigenvalue weighted by Gasteiger charge is -2.07. The Balaban J connectivity index is 2.35. The van der Waals surface area contributed by atoms with E-state index in [1.807, 2.05) is 18.2 Å². The Morgan fingerprint density at radius 1 is 1.25 bits per heavy atom. The molecule has 2 aromatic rings. The van der Waals surface area contributed by atoms with Gasteiger partial charge in [-0.1, -0.05) is 28.1 Å². The molecule has 0 aliphatic rings. The molecule has 0 aliphatic heterocycles. The summed E-state index contributed by atoms with van der Waals surface area (Å²) >= 11 is 15.2. The average molecular weight is 381 g/mol. The lowest BCUT2D eigenvalue weighted by Crippen LogP contribution is -1.89. The number of hydrogen-bond donors (Lipinski definition) is 0. The quantitative estimate of drug-likeness (QED) is 0.568. The lowest BCUT2D eigenvalue weighted by atomic mass is 10.1. The van der Waals surface area contributed by atoms with Crippen molar-refractivity contribution in [1.29, 1.82) is 0 Å². The third-order valence-electron chi connectivity index (χ3n) is 2.27. The maximum absolute atomic E-state index is 6.46. The summed E-state index contributed by atoms with van der Waals surface area (Å²) < 4.78 is 2.19. The summed E-state index contributed by atoms with van der Waals surface area (Å²) in [7, 11) is 0. The number of benzene rings is 1. The Bertz CT molecular complexity index is 488. The Kier molecular flexibility index (Phi) is 4.11. The molecule has 84 valence electrons. The largest absolute Gasteiger partial charge is 0.143 e. The van der Waals surface area contributed by atoms with Gasteiger partial charge >= 0.3 is 0 Å². The van der Waals surface area contributed by atoms with Crippen molar-refractivity contribution in [3.63, 3.8) is 0 Å². The van der Waals surface area contributed by atoms with E-state index in [9.17, 15) is 0 Å². The zero-order valence-electron chi connectivity index (χ0n) is 8.51. The van der Waals surface area contributed by atoms with Crippen molar-refractivity contribution in [3.05, 3.63) is 54.6 Å². The minimum atomic E-state index is -0.0764. The van der Waals surface area contributed by atoms with Crippen LogP contribution in [0.5, 0.6) is 0 Å². The van der Waals surface area contributed by atoms with E-state index in [1.54, 1.807) is 11.3 Å². The molecule has 2 rings (SSSR count). The first-order valence-corrected chi connectivity index (χ1v) is 7.57. The van der Waals surface area contributed by atoms with Crippen molar-refractivity contribution in [3.8, 4) is 0 Å². The third-order valence-corrected chi connectivity index (χ3v) is 5.58. The van der Waals surface area contributed by atoms with Crippen molar-refractivity contribution in [2.24, 2.45) is 0 Å². The molecule has 0 saturated heterocycles. The molecule has 1 atom stereocenters. The molecular weight excluding hydrogens is 371 g/mol. The van der Waals surface area contributed by atoms with Gasteiger partial charge in [-0.15, -0.1) is 22.9 Å². The van der Waals surface area contributed by atoms with E-state index < -0.39 is 0 Å². The highest BCUT2D eigenvalue weighted by molar-refractivity contribution is 9.10. The van der Waals surface area contributed by atoms with Crippen LogP contribution in [0, 0.1) is 6.92 Å². The van der Waals surface area contributed by atoms with E-state index >= 15 is 0 Å². The van der Waals surface area contributed by atoms with Gasteiger partial charge < -0.3 is 0 Å². The van der Waals surface area contributed by atoms with Gasteiger partial charge in [0.15, 0.2) is 0 Å². The standard InChI is InChI=1S/C12H9Br2ClS/c1-7-10(14)6-11(16-7)12(15)8-3-2-4-9(13)5-8/h2-6,12H,1H3. The van der Waals surface area contributed by atoms with Gasteiger partial charge in [0.1, 0.15) is 0 Å². The van der Waals surface area contributed by atoms with Crippen LogP contribution in [0.25, 0.3) is 0 Å². The van der Waals surface area contributed by atoms with Gasteiger partial charge in [0.25, 0.3) is 0 Å². The van der Waals surface area contributed by atoms with Crippen LogP contribution in [0.1, 0.15) is 20.7 Å². The Labute approximate surface area is 121 Å². The van der Waals surface area contributed by atoms with Crippen molar-refractivity contribution >= 4 is 54.8 Å². The fourth-order valence-electron chi connectivity index (χ4n) is 1.43. The van der Waals surface area contributed by atoms with Crippen LogP contribution in [0.2, 0.25) is 0 Å². The summed E-state index contributed by atoms with van der Waals surface area (Å²) in [5, 5.41) is -0.0764. The smallest absolute Gasteiger partial charge is 0.0928 e. The second-order valence-corrected chi connectivity index (χ2v) is 6.96. The molecule has 0 fully saturated rings. The van der Waals surface area contributed by atoms with E-state index in [-0.39, 0.29) is 5.38 Å². The minimum absolute atomic E-state index is 0.0764. The van der Waals surface area contributed by atoms with Crippen LogP contribution in [0.3, 0.4) is 0 Å². The van der Waals surface area contributed by atoms with Crippen LogP contribution < -0.4 is 0 Å². The van der Waals surface area contributed by atoms with Crippen LogP contribution in [0.15, 0.2) is 39.3 Å². The van der Waals surface area contributed by atoms with Gasteiger partial charge in [-0.3, -0.25) is 0 Å². The SMILES string of the molecule is Cc1sc(C(Cl)c2cccc(Br)c2)cc1Br. The summed E-state index contributed by atoms with van der Waals surface area (Å²) in [5.41, 5.74) is 1.12. The van der Waals surface area contributed by atoms with Gasteiger partial charge in [-0.05, 0) is 46.6 Å². The second kappa shape index (κ2) is 5.21. The Morgan fingerprint density at radius 3 is 2.56 bits per heavy atom. The molecule has 1 unspecified atom stereocenters. The molecule has 0 saturated carbocycles. The van der Waals surface area contributed by atoms with E-state index in [1.165, 1.54) is 9.75 Å². The number of thiophene rings is 1. The summed E-state index contributed by atoms with van der Waals surface area (Å²) in [6, 6.07) is 10.2. The molecule has 4 heteroatoms. The predicted molar refractivity (Wildman–Crippen MR) is 78.6 cm³/mol. The van der Waals surface area contributed by atoms with E-state index in [0.717, 1.165) is 14.5 Å². The summed E-state index contributed by atoms with van der Waals surface area (Å²) in [6.45, 7) is 2.09. The number of hydrogen-bond acceptors (Lipinski definition) is 1. The maximum atomic E-state index is 6.46. The topological polar surface area (TPSA) is 0 Å². The van der Waals surface area contributed by atoms with Crippen LogP contribution in [-0.4, -0.2) is 0 Å². The fourth-order valence-corrected chi connectivity index (χ4v) is 3.75. The van der Waals surface area contributed by atoms with Crippen LogP contribution in [-0.2, 0) is 0 Å². The van der Waals surface area contributed by atoms with Crippen LogP contribution in [0.4, 0.5) is 0 Å². The highest BCUT2D eigenvalue weighted by Crippen LogP contribution is 2.37. The first-order valence-electron chi connectivity index (χ1n) is 4.73. The number of aryl methyl sites for hydroxylation is 1. The predicted octanol–water partition coefficient (Wildman–Crippen LogP) is 5.91. The molecule has 1 heterocycles. The summed E-state index contributed by atoms with van der Waals surface area (Å²) in [5.74, 6) is 0. The molecular formula is C12H9Br2ClS. The molecule has 0 aliphatic carbocycles. The zero-order valence-corrected chi connectivity index (χ0v) is 13.3. The molecule has 0 N–H and O–H groups in total. The monoisotopic (exact) mass is 378 g/mol. The van der Waals surface area contributed by atoms with E-state index in [0.29, 0.717) is 0 Å². The summed E-state index contributed by atoms with van der Waals surface area (Å²) in [4.78, 5) is 2.43. The second-order valence-electron chi connectivity index (χ2n) is 3.47. The Hall–Kier alpha value is 0.170. The highest BCUT2D eigenvalue weighted by Gasteiger charge is 2.14. The van der Waals surface area contributed by atoms with Crippen molar-refractivity contribution in [1.82, 2.24) is 0 Å². The van der Waals surface area contributed by atoms with Gasteiger partial charge in [0.2, 0.25) is 0 Å². The molecule has 1 aromatic carbocycles. The molecule has 0 bridgehead atoms.